The molecule has 35 heteroatoms. The molecule has 0 aromatic carbocycles. The van der Waals surface area contributed by atoms with Gasteiger partial charge in [-0.25, -0.2) is 4.79 Å². The molecule has 4 aliphatic rings. The molecular formula is C50H89N5O30. The van der Waals surface area contributed by atoms with Crippen molar-refractivity contribution in [3.63, 3.8) is 0 Å². The maximum atomic E-state index is 13.5. The van der Waals surface area contributed by atoms with Gasteiger partial charge < -0.3 is 150 Å². The number of rotatable bonds is 37. The summed E-state index contributed by atoms with van der Waals surface area (Å²) in [5, 5.41) is 177. The third-order valence-corrected chi connectivity index (χ3v) is 14.7. The van der Waals surface area contributed by atoms with Gasteiger partial charge in [0.15, 0.2) is 25.2 Å². The molecule has 0 aromatic rings. The van der Waals surface area contributed by atoms with E-state index >= 15 is 0 Å². The van der Waals surface area contributed by atoms with Gasteiger partial charge in [-0.3, -0.25) is 19.2 Å². The van der Waals surface area contributed by atoms with Crippen LogP contribution in [0.25, 0.3) is 0 Å². The van der Waals surface area contributed by atoms with E-state index in [1.807, 2.05) is 0 Å². The Labute approximate surface area is 488 Å². The Balaban J connectivity index is 1.18. The molecule has 85 heavy (non-hydrogen) atoms. The van der Waals surface area contributed by atoms with Gasteiger partial charge in [-0.2, -0.15) is 0 Å². The molecule has 0 aliphatic carbocycles. The predicted molar refractivity (Wildman–Crippen MR) is 279 cm³/mol. The van der Waals surface area contributed by atoms with E-state index in [9.17, 15) is 111 Å². The first-order valence-corrected chi connectivity index (χ1v) is 28.3. The van der Waals surface area contributed by atoms with Crippen LogP contribution in [0, 0.1) is 0 Å². The smallest absolute Gasteiger partial charge is 0.405 e. The number of carboxylic acid groups (broad SMARTS) is 1. The summed E-state index contributed by atoms with van der Waals surface area (Å²) in [7, 11) is 0. The Hall–Kier alpha value is -3.81. The van der Waals surface area contributed by atoms with E-state index in [0.29, 0.717) is 32.1 Å². The van der Waals surface area contributed by atoms with Crippen LogP contribution in [-0.4, -0.2) is 347 Å². The highest BCUT2D eigenvalue weighted by Gasteiger charge is 2.47. The lowest BCUT2D eigenvalue weighted by molar-refractivity contribution is -0.303. The van der Waals surface area contributed by atoms with E-state index in [2.05, 4.69) is 16.0 Å². The van der Waals surface area contributed by atoms with Gasteiger partial charge in [-0.1, -0.05) is 12.8 Å². The lowest BCUT2D eigenvalue weighted by Gasteiger charge is -2.40. The number of hydrogen-bond donors (Lipinski definition) is 20. The minimum atomic E-state index is -1.72. The quantitative estimate of drug-likeness (QED) is 0.0257. The van der Waals surface area contributed by atoms with Crippen molar-refractivity contribution in [3.05, 3.63) is 0 Å². The molecule has 35 nitrogen and oxygen atoms in total. The van der Waals surface area contributed by atoms with E-state index in [0.717, 1.165) is 0 Å². The maximum absolute atomic E-state index is 13.5. The number of aliphatic hydroxyl groups excluding tert-OH is 16. The summed E-state index contributed by atoms with van der Waals surface area (Å²) in [6, 6.07) is -1.31. The number of carbonyl (C=O) groups is 5. The molecule has 4 rings (SSSR count). The van der Waals surface area contributed by atoms with Crippen LogP contribution < -0.4 is 16.0 Å². The van der Waals surface area contributed by atoms with Crippen LogP contribution in [0.4, 0.5) is 4.79 Å². The number of ether oxygens (including phenoxy) is 8. The summed E-state index contributed by atoms with van der Waals surface area (Å²) in [4.78, 5) is 66.8. The van der Waals surface area contributed by atoms with Gasteiger partial charge in [0.1, 0.15) is 104 Å². The van der Waals surface area contributed by atoms with Crippen molar-refractivity contribution >= 4 is 29.7 Å². The molecule has 5 amide bonds. The van der Waals surface area contributed by atoms with Crippen molar-refractivity contribution in [2.24, 2.45) is 0 Å². The fourth-order valence-electron chi connectivity index (χ4n) is 9.48. The Morgan fingerprint density at radius 3 is 1.00 bits per heavy atom. The molecule has 1 unspecified atom stereocenters. The summed E-state index contributed by atoms with van der Waals surface area (Å²) in [5.74, 6) is -2.05. The van der Waals surface area contributed by atoms with E-state index < -0.39 is 185 Å². The van der Waals surface area contributed by atoms with E-state index in [1.165, 1.54) is 9.80 Å². The number of amides is 5. The van der Waals surface area contributed by atoms with Gasteiger partial charge in [-0.05, 0) is 32.1 Å². The van der Waals surface area contributed by atoms with Crippen LogP contribution in [0.1, 0.15) is 64.2 Å². The number of hydrogen-bond acceptors (Lipinski definition) is 29. The molecule has 494 valence electrons. The second kappa shape index (κ2) is 37.9. The molecular weight excluding hydrogens is 1150 g/mol. The molecule has 4 heterocycles. The zero-order valence-electron chi connectivity index (χ0n) is 46.9. The molecule has 0 saturated carbocycles. The van der Waals surface area contributed by atoms with Crippen LogP contribution in [0.2, 0.25) is 0 Å². The van der Waals surface area contributed by atoms with Crippen LogP contribution in [0.5, 0.6) is 0 Å². The molecule has 4 fully saturated rings. The fourth-order valence-corrected chi connectivity index (χ4v) is 9.48. The highest BCUT2D eigenvalue weighted by Crippen LogP contribution is 2.26. The van der Waals surface area contributed by atoms with Crippen LogP contribution in [-0.2, 0) is 57.1 Å². The summed E-state index contributed by atoms with van der Waals surface area (Å²) in [6.07, 6.45) is -31.0. The Kier molecular flexibility index (Phi) is 32.8. The maximum Gasteiger partial charge on any atom is 0.405 e. The van der Waals surface area contributed by atoms with Gasteiger partial charge in [0, 0.05) is 58.5 Å². The average Bonchev–Trinajstić information content (AvgIpc) is 3.13. The third kappa shape index (κ3) is 22.6. The number of nitrogens with one attached hydrogen (secondary N) is 3. The lowest BCUT2D eigenvalue weighted by Crippen LogP contribution is -2.59. The lowest BCUT2D eigenvalue weighted by atomic mass is 9.99. The van der Waals surface area contributed by atoms with Crippen molar-refractivity contribution in [1.29, 1.82) is 0 Å². The number of unbranched alkanes of at least 4 members (excludes halogenated alkanes) is 4. The van der Waals surface area contributed by atoms with Crippen molar-refractivity contribution in [1.82, 2.24) is 25.8 Å². The van der Waals surface area contributed by atoms with Gasteiger partial charge in [0.25, 0.3) is 0 Å². The van der Waals surface area contributed by atoms with Crippen LogP contribution in [0.3, 0.4) is 0 Å². The van der Waals surface area contributed by atoms with Crippen molar-refractivity contribution in [3.8, 4) is 0 Å². The molecule has 4 saturated heterocycles. The second-order valence-electron chi connectivity index (χ2n) is 20.8. The fraction of sp³-hybridized carbons (Fsp3) is 0.900. The predicted octanol–water partition coefficient (Wildman–Crippen LogP) is -10.3. The van der Waals surface area contributed by atoms with E-state index in [1.54, 1.807) is 0 Å². The largest absolute Gasteiger partial charge is 0.465 e. The molecule has 4 aliphatic heterocycles. The van der Waals surface area contributed by atoms with E-state index in [-0.39, 0.29) is 97.8 Å². The normalized spacial score (nSPS) is 33.6. The molecule has 0 aromatic heterocycles. The first kappa shape index (κ1) is 73.7. The Morgan fingerprint density at radius 1 is 0.400 bits per heavy atom. The summed E-state index contributed by atoms with van der Waals surface area (Å²) < 4.78 is 43.6. The molecule has 0 spiro atoms. The first-order chi connectivity index (χ1) is 40.5. The van der Waals surface area contributed by atoms with E-state index in [4.69, 9.17) is 37.9 Å². The van der Waals surface area contributed by atoms with Gasteiger partial charge >= 0.3 is 6.09 Å². The van der Waals surface area contributed by atoms with Gasteiger partial charge in [0.2, 0.25) is 23.6 Å². The number of carbonyl (C=O) groups excluding carboxylic acids is 4. The minimum absolute atomic E-state index is 0.0208. The third-order valence-electron chi connectivity index (χ3n) is 14.7. The molecule has 0 bridgehead atoms. The molecule has 0 radical (unpaired) electrons. The highest BCUT2D eigenvalue weighted by atomic mass is 16.7. The van der Waals surface area contributed by atoms with Gasteiger partial charge in [-0.15, -0.1) is 0 Å². The molecule has 21 atom stereocenters. The Morgan fingerprint density at radius 2 is 0.706 bits per heavy atom. The van der Waals surface area contributed by atoms with Crippen LogP contribution in [0.15, 0.2) is 0 Å². The van der Waals surface area contributed by atoms with Gasteiger partial charge in [0.05, 0.1) is 52.9 Å². The highest BCUT2D eigenvalue weighted by molar-refractivity contribution is 5.86. The van der Waals surface area contributed by atoms with Crippen molar-refractivity contribution < 1.29 is 149 Å². The molecule has 20 N–H and O–H groups in total. The average molecular weight is 1240 g/mol. The topological polar surface area (TPSA) is 546 Å². The zero-order valence-corrected chi connectivity index (χ0v) is 46.9. The summed E-state index contributed by atoms with van der Waals surface area (Å²) in [5.41, 5.74) is 0. The SMILES string of the molecule is O=C(O)NC(CCC(=O)NCCCCCC(=O)N(CCO[C@H]1O[C@H](CO)[C@@H](O)[C@H](O)[C@@H]1O)CCO[C@H]1O[C@H](CO)[C@@H](O)[C@H](O)[C@@H]1O)C(=O)NCCCCCC(=O)N(CCO[C@H]1O[C@H](CO)[C@@H](O)[C@H](O)[C@@H]1O)CCO[C@H]1O[C@H](CO)[C@@H](O)[C@H](O)[C@@H]1O. The van der Waals surface area contributed by atoms with Crippen LogP contribution >= 0.6 is 0 Å². The number of nitrogens with zero attached hydrogens (tertiary/aromatic N) is 2. The number of aliphatic hydroxyl groups is 16. The van der Waals surface area contributed by atoms with Crippen molar-refractivity contribution in [2.75, 3.05) is 92.1 Å². The minimum Gasteiger partial charge on any atom is -0.465 e. The first-order valence-electron chi connectivity index (χ1n) is 28.3. The Bertz CT molecular complexity index is 1890. The standard InChI is InChI=1S/C50H89N5O30/c56-21-26-33(63)37(67)41(71)46(82-26)78-17-13-54(14-18-79-47-42(72)38(68)34(64)27(22-57)83-47)31(61)7-3-1-5-11-51-30(60)10-9-25(53-50(76)77)45(75)52-12-6-2-4-8-32(62)55(15-19-80-48-43(73)39(69)35(65)28(23-58)84-48)16-20-81-49-44(74)40(70)36(66)29(24-59)85-49/h25-29,33-44,46-49,53,56-59,63-74H,1-24H2,(H,51,60)(H,52,75)(H,76,77)/t25?,26-,27-,28-,29-,33-,34-,35-,36-,37+,38+,39+,40+,41+,42+,43+,44+,46+,47+,48+,49+/m1/s1. The zero-order chi connectivity index (χ0) is 62.9. The second-order valence-corrected chi connectivity index (χ2v) is 20.8. The van der Waals surface area contributed by atoms with Crippen molar-refractivity contribution in [2.45, 2.75) is 193 Å². The summed E-state index contributed by atoms with van der Waals surface area (Å²) in [6.45, 7) is -4.29. The monoisotopic (exact) mass is 1240 g/mol. The summed E-state index contributed by atoms with van der Waals surface area (Å²) >= 11 is 0.